The van der Waals surface area contributed by atoms with Crippen molar-refractivity contribution in [2.45, 2.75) is 6.18 Å². The van der Waals surface area contributed by atoms with Crippen molar-refractivity contribution in [1.29, 1.82) is 0 Å². The molecule has 3 rings (SSSR count). The molecule has 3 heterocycles. The molecule has 0 saturated carbocycles. The molecule has 0 N–H and O–H groups in total. The molecule has 0 radical (unpaired) electrons. The van der Waals surface area contributed by atoms with Gasteiger partial charge in [0.15, 0.2) is 0 Å². The van der Waals surface area contributed by atoms with Crippen LogP contribution in [0.25, 0.3) is 0 Å². The Kier molecular flexibility index (Phi) is 5.36. The minimum Gasteiger partial charge on any atom is -0.453 e. The van der Waals surface area contributed by atoms with Crippen molar-refractivity contribution in [3.63, 3.8) is 0 Å². The largest absolute Gasteiger partial charge is 0.453 e. The van der Waals surface area contributed by atoms with Gasteiger partial charge in [-0.2, -0.15) is 13.2 Å². The Bertz CT molecular complexity index is 732. The maximum atomic E-state index is 12.7. The first-order valence-electron chi connectivity index (χ1n) is 8.30. The Balaban J connectivity index is 1.54. The number of hydrogen-bond acceptors (Lipinski definition) is 5. The number of hydrogen-bond donors (Lipinski definition) is 0. The van der Waals surface area contributed by atoms with Gasteiger partial charge in [-0.3, -0.25) is 4.79 Å². The fourth-order valence-electron chi connectivity index (χ4n) is 3.12. The summed E-state index contributed by atoms with van der Waals surface area (Å²) in [6.45, 7) is 2.33. The summed E-state index contributed by atoms with van der Waals surface area (Å²) in [5.74, 6) is -0.0714. The van der Waals surface area contributed by atoms with E-state index in [1.54, 1.807) is 9.80 Å². The van der Waals surface area contributed by atoms with Crippen molar-refractivity contribution in [3.8, 4) is 0 Å². The summed E-state index contributed by atoms with van der Waals surface area (Å²) in [4.78, 5) is 32.7. The van der Waals surface area contributed by atoms with Crippen molar-refractivity contribution in [2.24, 2.45) is 5.92 Å². The zero-order chi connectivity index (χ0) is 19.8. The second-order valence-corrected chi connectivity index (χ2v) is 6.82. The summed E-state index contributed by atoms with van der Waals surface area (Å²) in [7, 11) is 1.31. The molecule has 7 nitrogen and oxygen atoms in total. The number of aromatic nitrogens is 1. The molecule has 0 aliphatic carbocycles. The number of piperazine rings is 1. The van der Waals surface area contributed by atoms with Crippen LogP contribution in [0.2, 0.25) is 5.02 Å². The number of ether oxygens (including phenoxy) is 1. The van der Waals surface area contributed by atoms with E-state index in [4.69, 9.17) is 11.6 Å². The van der Waals surface area contributed by atoms with Gasteiger partial charge in [-0.1, -0.05) is 11.6 Å². The molecule has 1 aromatic rings. The molecule has 0 aromatic carbocycles. The molecule has 0 unspecified atom stereocenters. The molecule has 2 aliphatic heterocycles. The van der Waals surface area contributed by atoms with Crippen LogP contribution in [-0.4, -0.2) is 73.2 Å². The number of alkyl halides is 3. The number of nitrogens with zero attached hydrogens (tertiary/aromatic N) is 4. The van der Waals surface area contributed by atoms with Gasteiger partial charge in [-0.25, -0.2) is 9.78 Å². The number of anilines is 1. The maximum Gasteiger partial charge on any atom is 0.417 e. The van der Waals surface area contributed by atoms with Crippen molar-refractivity contribution < 1.29 is 27.5 Å². The van der Waals surface area contributed by atoms with Crippen molar-refractivity contribution in [3.05, 3.63) is 22.8 Å². The SMILES string of the molecule is COC(=O)N1CCN(C(=O)C2CN(c3ncc(C(F)(F)F)cc3Cl)C2)CC1. The molecule has 2 amide bonds. The lowest BCUT2D eigenvalue weighted by molar-refractivity contribution is -0.138. The number of amides is 2. The number of methoxy groups -OCH3 is 1. The molecule has 0 bridgehead atoms. The topological polar surface area (TPSA) is 66.0 Å². The zero-order valence-corrected chi connectivity index (χ0v) is 15.3. The van der Waals surface area contributed by atoms with Gasteiger partial charge in [0.05, 0.1) is 23.6 Å². The molecule has 1 aromatic heterocycles. The normalized spacial score (nSPS) is 18.3. The number of carbonyl (C=O) groups is 2. The average molecular weight is 407 g/mol. The van der Waals surface area contributed by atoms with Crippen LogP contribution < -0.4 is 4.90 Å². The van der Waals surface area contributed by atoms with Crippen LogP contribution in [0.5, 0.6) is 0 Å². The zero-order valence-electron chi connectivity index (χ0n) is 14.5. The summed E-state index contributed by atoms with van der Waals surface area (Å²) in [5, 5.41) is -0.0950. The van der Waals surface area contributed by atoms with Crippen LogP contribution in [-0.2, 0) is 15.7 Å². The number of pyridine rings is 1. The highest BCUT2D eigenvalue weighted by Gasteiger charge is 2.39. The van der Waals surface area contributed by atoms with Crippen molar-refractivity contribution in [1.82, 2.24) is 14.8 Å². The van der Waals surface area contributed by atoms with Gasteiger partial charge in [0.2, 0.25) is 5.91 Å². The van der Waals surface area contributed by atoms with E-state index < -0.39 is 17.8 Å². The third-order valence-corrected chi connectivity index (χ3v) is 4.98. The highest BCUT2D eigenvalue weighted by molar-refractivity contribution is 6.33. The van der Waals surface area contributed by atoms with E-state index in [1.807, 2.05) is 0 Å². The summed E-state index contributed by atoms with van der Waals surface area (Å²) in [6, 6.07) is 0.838. The first-order chi connectivity index (χ1) is 12.7. The third kappa shape index (κ3) is 4.05. The van der Waals surface area contributed by atoms with E-state index in [0.717, 1.165) is 12.3 Å². The van der Waals surface area contributed by atoms with Gasteiger partial charge in [0.25, 0.3) is 0 Å². The van der Waals surface area contributed by atoms with Crippen LogP contribution in [0.3, 0.4) is 0 Å². The second kappa shape index (κ2) is 7.41. The molecule has 148 valence electrons. The standard InChI is InChI=1S/C16H18ClF3N4O3/c1-27-15(26)23-4-2-22(3-5-23)14(25)10-8-24(9-10)13-12(17)6-11(7-21-13)16(18,19)20/h6-7,10H,2-5,8-9H2,1H3. The minimum atomic E-state index is -4.50. The van der Waals surface area contributed by atoms with E-state index in [0.29, 0.717) is 39.3 Å². The van der Waals surface area contributed by atoms with Crippen LogP contribution in [0.4, 0.5) is 23.8 Å². The molecule has 0 spiro atoms. The predicted octanol–water partition coefficient (Wildman–Crippen LogP) is 2.10. The van der Waals surface area contributed by atoms with Crippen LogP contribution in [0.1, 0.15) is 5.56 Å². The van der Waals surface area contributed by atoms with Crippen LogP contribution in [0.15, 0.2) is 12.3 Å². The Hall–Kier alpha value is -2.23. The number of halogens is 4. The fourth-order valence-corrected chi connectivity index (χ4v) is 3.41. The fraction of sp³-hybridized carbons (Fsp3) is 0.562. The van der Waals surface area contributed by atoms with Crippen LogP contribution >= 0.6 is 11.6 Å². The summed E-state index contributed by atoms with van der Waals surface area (Å²) in [6.07, 6.45) is -4.18. The molecule has 11 heteroatoms. The summed E-state index contributed by atoms with van der Waals surface area (Å²) in [5.41, 5.74) is -0.909. The number of carbonyl (C=O) groups excluding carboxylic acids is 2. The molecule has 2 fully saturated rings. The first-order valence-corrected chi connectivity index (χ1v) is 8.68. The third-order valence-electron chi connectivity index (χ3n) is 4.70. The van der Waals surface area contributed by atoms with Crippen molar-refractivity contribution >= 4 is 29.4 Å². The van der Waals surface area contributed by atoms with Gasteiger partial charge >= 0.3 is 12.3 Å². The quantitative estimate of drug-likeness (QED) is 0.752. The van der Waals surface area contributed by atoms with Gasteiger partial charge in [-0.15, -0.1) is 0 Å². The summed E-state index contributed by atoms with van der Waals surface area (Å²) >= 11 is 5.93. The van der Waals surface area contributed by atoms with Gasteiger partial charge in [-0.05, 0) is 6.07 Å². The Labute approximate surface area is 158 Å². The van der Waals surface area contributed by atoms with E-state index in [-0.39, 0.29) is 22.7 Å². The maximum absolute atomic E-state index is 12.7. The van der Waals surface area contributed by atoms with E-state index in [9.17, 15) is 22.8 Å². The van der Waals surface area contributed by atoms with Crippen LogP contribution in [0, 0.1) is 5.92 Å². The molecular weight excluding hydrogens is 389 g/mol. The van der Waals surface area contributed by atoms with E-state index >= 15 is 0 Å². The van der Waals surface area contributed by atoms with Gasteiger partial charge < -0.3 is 19.4 Å². The highest BCUT2D eigenvalue weighted by atomic mass is 35.5. The lowest BCUT2D eigenvalue weighted by Gasteiger charge is -2.43. The highest BCUT2D eigenvalue weighted by Crippen LogP contribution is 2.35. The Morgan fingerprint density at radius 3 is 2.30 bits per heavy atom. The Morgan fingerprint density at radius 2 is 1.78 bits per heavy atom. The lowest BCUT2D eigenvalue weighted by Crippen LogP contribution is -2.58. The second-order valence-electron chi connectivity index (χ2n) is 6.41. The van der Waals surface area contributed by atoms with Crippen molar-refractivity contribution in [2.75, 3.05) is 51.3 Å². The first kappa shape index (κ1) is 19.5. The molecule has 0 atom stereocenters. The smallest absolute Gasteiger partial charge is 0.417 e. The van der Waals surface area contributed by atoms with Gasteiger partial charge in [0, 0.05) is 45.5 Å². The minimum absolute atomic E-state index is 0.0428. The monoisotopic (exact) mass is 406 g/mol. The number of rotatable bonds is 2. The summed E-state index contributed by atoms with van der Waals surface area (Å²) < 4.78 is 42.7. The molecule has 27 heavy (non-hydrogen) atoms. The van der Waals surface area contributed by atoms with E-state index in [2.05, 4.69) is 9.72 Å². The van der Waals surface area contributed by atoms with Gasteiger partial charge in [0.1, 0.15) is 5.82 Å². The predicted molar refractivity (Wildman–Crippen MR) is 90.5 cm³/mol. The molecule has 2 saturated heterocycles. The van der Waals surface area contributed by atoms with E-state index in [1.165, 1.54) is 12.0 Å². The molecular formula is C16H18ClF3N4O3. The molecule has 2 aliphatic rings. The lowest BCUT2D eigenvalue weighted by atomic mass is 9.98. The average Bonchev–Trinajstić information content (AvgIpc) is 2.60. The Morgan fingerprint density at radius 1 is 1.19 bits per heavy atom.